The van der Waals surface area contributed by atoms with Gasteiger partial charge in [0.2, 0.25) is 0 Å². The first-order chi connectivity index (χ1) is 20.5. The van der Waals surface area contributed by atoms with E-state index >= 15 is 0 Å². The summed E-state index contributed by atoms with van der Waals surface area (Å²) in [5.41, 5.74) is 6.52. The van der Waals surface area contributed by atoms with Crippen molar-refractivity contribution in [3.8, 4) is 5.75 Å². The Morgan fingerprint density at radius 1 is 1.00 bits per heavy atom. The molecule has 2 heterocycles. The number of allylic oxidation sites excluding steroid dienone is 2. The minimum absolute atomic E-state index is 0.0105. The van der Waals surface area contributed by atoms with Crippen LogP contribution in [0.2, 0.25) is 0 Å². The number of carbonyl (C=O) groups is 3. The van der Waals surface area contributed by atoms with Crippen LogP contribution in [0.1, 0.15) is 34.3 Å². The molecule has 1 aliphatic heterocycles. The van der Waals surface area contributed by atoms with Crippen LogP contribution in [0.3, 0.4) is 0 Å². The lowest BCUT2D eigenvalue weighted by atomic mass is 9.68. The lowest BCUT2D eigenvalue weighted by Gasteiger charge is -2.43. The predicted octanol–water partition coefficient (Wildman–Crippen LogP) is 5.52. The molecule has 5 rings (SSSR count). The van der Waals surface area contributed by atoms with Gasteiger partial charge in [-0.2, -0.15) is 13.2 Å². The molecule has 0 unspecified atom stereocenters. The van der Waals surface area contributed by atoms with Crippen molar-refractivity contribution in [2.45, 2.75) is 24.4 Å². The van der Waals surface area contributed by atoms with Gasteiger partial charge in [-0.1, -0.05) is 24.3 Å². The molecule has 1 aromatic heterocycles. The van der Waals surface area contributed by atoms with Crippen LogP contribution >= 0.6 is 11.3 Å². The molecule has 2 aliphatic rings. The van der Waals surface area contributed by atoms with Gasteiger partial charge < -0.3 is 19.9 Å². The summed E-state index contributed by atoms with van der Waals surface area (Å²) >= 11 is 1.26. The molecule has 3 aromatic rings. The Labute approximate surface area is 249 Å². The molecule has 8 nitrogen and oxygen atoms in total. The predicted molar refractivity (Wildman–Crippen MR) is 152 cm³/mol. The molecule has 0 bridgehead atoms. The molecule has 224 valence electrons. The highest BCUT2D eigenvalue weighted by Crippen LogP contribution is 2.52. The highest BCUT2D eigenvalue weighted by molar-refractivity contribution is 7.10. The van der Waals surface area contributed by atoms with E-state index in [0.29, 0.717) is 16.2 Å². The molecule has 3 atom stereocenters. The van der Waals surface area contributed by atoms with E-state index in [2.05, 4.69) is 0 Å². The van der Waals surface area contributed by atoms with Gasteiger partial charge in [-0.05, 0) is 53.8 Å². The van der Waals surface area contributed by atoms with E-state index < -0.39 is 47.2 Å². The highest BCUT2D eigenvalue weighted by atomic mass is 32.1. The zero-order valence-electron chi connectivity index (χ0n) is 23.3. The van der Waals surface area contributed by atoms with Crippen LogP contribution in [0.25, 0.3) is 0 Å². The summed E-state index contributed by atoms with van der Waals surface area (Å²) < 4.78 is 56.8. The molecule has 2 N–H and O–H groups in total. The van der Waals surface area contributed by atoms with Crippen molar-refractivity contribution in [1.29, 1.82) is 0 Å². The number of rotatable bonds is 6. The van der Waals surface area contributed by atoms with E-state index in [1.165, 1.54) is 42.6 Å². The fourth-order valence-electron chi connectivity index (χ4n) is 5.76. The summed E-state index contributed by atoms with van der Waals surface area (Å²) in [6.07, 6.45) is -4.66. The van der Waals surface area contributed by atoms with Crippen molar-refractivity contribution in [2.24, 2.45) is 11.7 Å². The Kier molecular flexibility index (Phi) is 8.06. The zero-order chi connectivity index (χ0) is 31.1. The van der Waals surface area contributed by atoms with Crippen molar-refractivity contribution in [1.82, 2.24) is 0 Å². The van der Waals surface area contributed by atoms with Gasteiger partial charge in [-0.15, -0.1) is 11.3 Å². The first-order valence-corrected chi connectivity index (χ1v) is 14.0. The Hall–Kier alpha value is -4.58. The van der Waals surface area contributed by atoms with Crippen LogP contribution < -0.4 is 15.4 Å². The Balaban J connectivity index is 1.81. The lowest BCUT2D eigenvalue weighted by Crippen LogP contribution is -2.46. The lowest BCUT2D eigenvalue weighted by molar-refractivity contribution is -0.150. The summed E-state index contributed by atoms with van der Waals surface area (Å²) in [4.78, 5) is 42.9. The van der Waals surface area contributed by atoms with Gasteiger partial charge in [-0.25, -0.2) is 4.79 Å². The summed E-state index contributed by atoms with van der Waals surface area (Å²) in [5, 5.41) is 1.76. The number of thiophene rings is 1. The third kappa shape index (κ3) is 5.27. The second-order valence-corrected chi connectivity index (χ2v) is 10.9. The minimum atomic E-state index is -4.67. The Morgan fingerprint density at radius 3 is 2.30 bits per heavy atom. The zero-order valence-corrected chi connectivity index (χ0v) is 24.1. The molecule has 1 aliphatic carbocycles. The quantitative estimate of drug-likeness (QED) is 0.286. The van der Waals surface area contributed by atoms with E-state index in [1.54, 1.807) is 41.8 Å². The van der Waals surface area contributed by atoms with E-state index in [4.69, 9.17) is 19.9 Å². The summed E-state index contributed by atoms with van der Waals surface area (Å²) in [5.74, 6) is -5.00. The highest BCUT2D eigenvalue weighted by Gasteiger charge is 2.51. The largest absolute Gasteiger partial charge is 0.497 e. The summed E-state index contributed by atoms with van der Waals surface area (Å²) in [7, 11) is 3.82. The van der Waals surface area contributed by atoms with E-state index in [9.17, 15) is 27.6 Å². The smallest absolute Gasteiger partial charge is 0.416 e. The summed E-state index contributed by atoms with van der Waals surface area (Å²) in [6, 6.07) is 14.7. The van der Waals surface area contributed by atoms with Crippen molar-refractivity contribution in [2.75, 3.05) is 26.2 Å². The maximum atomic E-state index is 14.5. The number of carbonyl (C=O) groups excluding carboxylic acids is 3. The number of alkyl halides is 3. The van der Waals surface area contributed by atoms with Gasteiger partial charge in [0.15, 0.2) is 5.78 Å². The number of nitrogens with zero attached hydrogens (tertiary/aromatic N) is 1. The molecular formula is C31H27F3N2O6S. The topological polar surface area (TPSA) is 108 Å². The number of ketones is 1. The van der Waals surface area contributed by atoms with Crippen LogP contribution in [-0.2, 0) is 30.0 Å². The first-order valence-electron chi connectivity index (χ1n) is 13.1. The monoisotopic (exact) mass is 612 g/mol. The molecule has 0 saturated heterocycles. The number of hydrogen-bond acceptors (Lipinski definition) is 9. The third-order valence-electron chi connectivity index (χ3n) is 7.70. The van der Waals surface area contributed by atoms with Gasteiger partial charge in [0.1, 0.15) is 17.5 Å². The molecule has 0 radical (unpaired) electrons. The number of ether oxygens (including phenoxy) is 3. The molecule has 43 heavy (non-hydrogen) atoms. The SMILES string of the molecule is COC(=O)C1=C(N)N(c2cccc(C(F)(F)F)c2)C2=C(C(=O)[C@H](C(=O)OC)[C@@H](c3ccc(OC)cc3)C2)[C@H]1c1cccs1. The Morgan fingerprint density at radius 2 is 1.72 bits per heavy atom. The molecule has 0 saturated carbocycles. The fourth-order valence-corrected chi connectivity index (χ4v) is 6.60. The average molecular weight is 613 g/mol. The van der Waals surface area contributed by atoms with Crippen molar-refractivity contribution < 1.29 is 41.8 Å². The van der Waals surface area contributed by atoms with Crippen LogP contribution in [-0.4, -0.2) is 39.1 Å². The van der Waals surface area contributed by atoms with Gasteiger partial charge in [0.05, 0.1) is 38.4 Å². The van der Waals surface area contributed by atoms with Crippen LogP contribution in [0.15, 0.2) is 88.7 Å². The number of anilines is 1. The van der Waals surface area contributed by atoms with Gasteiger partial charge >= 0.3 is 18.1 Å². The molecule has 0 amide bonds. The maximum Gasteiger partial charge on any atom is 0.416 e. The number of hydrogen-bond donors (Lipinski definition) is 1. The van der Waals surface area contributed by atoms with E-state index in [0.717, 1.165) is 19.2 Å². The van der Waals surface area contributed by atoms with E-state index in [1.807, 2.05) is 0 Å². The van der Waals surface area contributed by atoms with Crippen molar-refractivity contribution >= 4 is 34.7 Å². The van der Waals surface area contributed by atoms with Crippen molar-refractivity contribution in [3.63, 3.8) is 0 Å². The van der Waals surface area contributed by atoms with Gasteiger partial charge in [-0.3, -0.25) is 14.5 Å². The van der Waals surface area contributed by atoms with Crippen LogP contribution in [0.4, 0.5) is 18.9 Å². The minimum Gasteiger partial charge on any atom is -0.497 e. The number of halogens is 3. The van der Waals surface area contributed by atoms with Gasteiger partial charge in [0, 0.05) is 27.8 Å². The first kappa shape index (κ1) is 29.9. The Bertz CT molecular complexity index is 1630. The standard InChI is InChI=1S/C31H27F3N2O6S/c1-40-19-11-9-16(10-12-19)20-15-21-24(27(37)23(20)29(38)41-2)25(22-8-5-13-43-22)26(30(39)42-3)28(35)36(21)18-7-4-6-17(14-18)31(32,33)34/h4-14,20,23,25H,15,35H2,1-3H3/t20-,23-,25-/m1/s1. The normalized spacial score (nSPS) is 20.6. The number of nitrogens with two attached hydrogens (primary N) is 1. The number of methoxy groups -OCH3 is 3. The number of esters is 2. The molecule has 0 fully saturated rings. The van der Waals surface area contributed by atoms with Crippen LogP contribution in [0, 0.1) is 5.92 Å². The number of Topliss-reactive ketones (excluding diaryl/α,β-unsaturated/α-hetero) is 1. The van der Waals surface area contributed by atoms with Crippen molar-refractivity contribution in [3.05, 3.63) is 105 Å². The van der Waals surface area contributed by atoms with Crippen LogP contribution in [0.5, 0.6) is 5.75 Å². The maximum absolute atomic E-state index is 14.5. The molecule has 12 heteroatoms. The second kappa shape index (κ2) is 11.6. The number of benzene rings is 2. The van der Waals surface area contributed by atoms with E-state index in [-0.39, 0.29) is 34.8 Å². The second-order valence-electron chi connectivity index (χ2n) is 9.93. The fraction of sp³-hybridized carbons (Fsp3) is 0.258. The van der Waals surface area contributed by atoms with Gasteiger partial charge in [0.25, 0.3) is 0 Å². The molecule has 0 spiro atoms. The molecule has 2 aromatic carbocycles. The summed E-state index contributed by atoms with van der Waals surface area (Å²) in [6.45, 7) is 0. The average Bonchev–Trinajstić information content (AvgIpc) is 3.54. The third-order valence-corrected chi connectivity index (χ3v) is 8.64. The molecular weight excluding hydrogens is 585 g/mol.